The average molecular weight is 120 g/mol. The predicted octanol–water partition coefficient (Wildman–Crippen LogP) is 0.339. The highest BCUT2D eigenvalue weighted by Crippen LogP contribution is 1.93. The first kappa shape index (κ1) is 7.39. The Morgan fingerprint density at radius 2 is 2.38 bits per heavy atom. The highest BCUT2D eigenvalue weighted by Gasteiger charge is 2.13. The molecule has 0 bridgehead atoms. The molecule has 1 unspecified atom stereocenters. The zero-order chi connectivity index (χ0) is 6.57. The quantitative estimate of drug-likeness (QED) is 0.416. The minimum Gasteiger partial charge on any atom is -0.479 e. The molecular weight excluding hydrogens is 112 g/mol. The molecule has 48 valence electrons. The van der Waals surface area contributed by atoms with Gasteiger partial charge in [-0.05, 0) is 6.42 Å². The third-order valence-corrected chi connectivity index (χ3v) is 0.773. The van der Waals surface area contributed by atoms with E-state index in [-0.39, 0.29) is 6.42 Å². The molecule has 4 heteroatoms. The van der Waals surface area contributed by atoms with Crippen molar-refractivity contribution in [2.75, 3.05) is 0 Å². The monoisotopic (exact) mass is 120 g/mol. The lowest BCUT2D eigenvalue weighted by atomic mass is 10.3. The molecule has 2 N–H and O–H groups in total. The van der Waals surface area contributed by atoms with Crippen molar-refractivity contribution in [3.05, 3.63) is 0 Å². The van der Waals surface area contributed by atoms with Crippen LogP contribution >= 0.6 is 0 Å². The molecule has 0 radical (unpaired) electrons. The van der Waals surface area contributed by atoms with Gasteiger partial charge < -0.3 is 5.11 Å². The molecule has 0 aliphatic heterocycles. The molecule has 0 saturated heterocycles. The lowest BCUT2D eigenvalue weighted by molar-refractivity contribution is -0.276. The number of carboxylic acids is 1. The summed E-state index contributed by atoms with van der Waals surface area (Å²) < 4.78 is 0. The minimum absolute atomic E-state index is 0.270. The van der Waals surface area contributed by atoms with E-state index in [4.69, 9.17) is 10.4 Å². The maximum Gasteiger partial charge on any atom is 0.336 e. The largest absolute Gasteiger partial charge is 0.479 e. The molecule has 0 aliphatic carbocycles. The first-order valence-corrected chi connectivity index (χ1v) is 2.25. The Morgan fingerprint density at radius 3 is 2.38 bits per heavy atom. The van der Waals surface area contributed by atoms with E-state index in [2.05, 4.69) is 4.89 Å². The van der Waals surface area contributed by atoms with Crippen LogP contribution in [0.5, 0.6) is 0 Å². The van der Waals surface area contributed by atoms with Gasteiger partial charge in [0.2, 0.25) is 0 Å². The fraction of sp³-hybridized carbons (Fsp3) is 0.750. The van der Waals surface area contributed by atoms with Crippen LogP contribution < -0.4 is 0 Å². The molecule has 0 heterocycles. The van der Waals surface area contributed by atoms with Crippen molar-refractivity contribution in [2.45, 2.75) is 19.4 Å². The summed E-state index contributed by atoms with van der Waals surface area (Å²) in [6.07, 6.45) is -0.804. The van der Waals surface area contributed by atoms with Gasteiger partial charge in [0.05, 0.1) is 0 Å². The van der Waals surface area contributed by atoms with Crippen molar-refractivity contribution >= 4 is 5.97 Å². The highest BCUT2D eigenvalue weighted by atomic mass is 17.1. The van der Waals surface area contributed by atoms with Crippen LogP contribution in [0.25, 0.3) is 0 Å². The van der Waals surface area contributed by atoms with Gasteiger partial charge in [0.1, 0.15) is 0 Å². The van der Waals surface area contributed by atoms with Crippen molar-refractivity contribution in [3.63, 3.8) is 0 Å². The molecular formula is C4H8O4. The Balaban J connectivity index is 3.52. The standard InChI is InChI=1S/C4H8O4/c1-2-3(8-7)4(5)6/h3,7H,2H2,1H3,(H,5,6). The van der Waals surface area contributed by atoms with Crippen LogP contribution in [0.15, 0.2) is 0 Å². The van der Waals surface area contributed by atoms with Crippen molar-refractivity contribution < 1.29 is 20.0 Å². The molecule has 0 saturated carbocycles. The smallest absolute Gasteiger partial charge is 0.336 e. The number of hydrogen-bond acceptors (Lipinski definition) is 3. The van der Waals surface area contributed by atoms with E-state index in [0.717, 1.165) is 0 Å². The maximum atomic E-state index is 9.88. The summed E-state index contributed by atoms with van der Waals surface area (Å²) in [4.78, 5) is 13.4. The first-order valence-electron chi connectivity index (χ1n) is 2.25. The van der Waals surface area contributed by atoms with E-state index < -0.39 is 12.1 Å². The lowest BCUT2D eigenvalue weighted by Crippen LogP contribution is -2.20. The van der Waals surface area contributed by atoms with Gasteiger partial charge in [-0.25, -0.2) is 9.68 Å². The van der Waals surface area contributed by atoms with Gasteiger partial charge in [-0.2, -0.15) is 0 Å². The van der Waals surface area contributed by atoms with Crippen molar-refractivity contribution in [2.24, 2.45) is 0 Å². The third-order valence-electron chi connectivity index (χ3n) is 0.773. The minimum atomic E-state index is -1.14. The van der Waals surface area contributed by atoms with Crippen molar-refractivity contribution in [1.82, 2.24) is 0 Å². The summed E-state index contributed by atoms with van der Waals surface area (Å²) in [5, 5.41) is 15.9. The molecule has 0 aromatic heterocycles. The summed E-state index contributed by atoms with van der Waals surface area (Å²) in [7, 11) is 0. The SMILES string of the molecule is CCC(OO)C(=O)O. The Bertz CT molecular complexity index is 76.1. The second-order valence-corrected chi connectivity index (χ2v) is 1.34. The number of hydrogen-bond donors (Lipinski definition) is 2. The summed E-state index contributed by atoms with van der Waals surface area (Å²) in [5.74, 6) is -1.14. The second kappa shape index (κ2) is 3.40. The Labute approximate surface area is 46.6 Å². The number of carboxylic acid groups (broad SMARTS) is 1. The van der Waals surface area contributed by atoms with E-state index in [1.165, 1.54) is 0 Å². The van der Waals surface area contributed by atoms with Gasteiger partial charge in [-0.15, -0.1) is 0 Å². The molecule has 0 fully saturated rings. The fourth-order valence-electron chi connectivity index (χ4n) is 0.294. The summed E-state index contributed by atoms with van der Waals surface area (Å²) >= 11 is 0. The highest BCUT2D eigenvalue weighted by molar-refractivity contribution is 5.71. The van der Waals surface area contributed by atoms with Crippen LogP contribution in [0, 0.1) is 0 Å². The number of carbonyl (C=O) groups is 1. The van der Waals surface area contributed by atoms with Crippen LogP contribution in [0.3, 0.4) is 0 Å². The lowest BCUT2D eigenvalue weighted by Gasteiger charge is -2.01. The Hall–Kier alpha value is -0.610. The van der Waals surface area contributed by atoms with Crippen LogP contribution in [0.4, 0.5) is 0 Å². The number of aliphatic carboxylic acids is 1. The summed E-state index contributed by atoms with van der Waals surface area (Å²) in [6, 6.07) is 0. The van der Waals surface area contributed by atoms with E-state index in [1.807, 2.05) is 0 Å². The Morgan fingerprint density at radius 1 is 1.88 bits per heavy atom. The second-order valence-electron chi connectivity index (χ2n) is 1.34. The van der Waals surface area contributed by atoms with Gasteiger partial charge in [-0.1, -0.05) is 6.92 Å². The molecule has 0 aliphatic rings. The molecule has 4 nitrogen and oxygen atoms in total. The van der Waals surface area contributed by atoms with Crippen LogP contribution in [0.1, 0.15) is 13.3 Å². The van der Waals surface area contributed by atoms with Crippen LogP contribution in [-0.2, 0) is 9.68 Å². The maximum absolute atomic E-state index is 9.88. The molecule has 1 atom stereocenters. The van der Waals surface area contributed by atoms with Crippen LogP contribution in [-0.4, -0.2) is 22.4 Å². The fourth-order valence-corrected chi connectivity index (χ4v) is 0.294. The number of rotatable bonds is 3. The topological polar surface area (TPSA) is 66.8 Å². The summed E-state index contributed by atoms with van der Waals surface area (Å²) in [6.45, 7) is 1.61. The van der Waals surface area contributed by atoms with E-state index in [9.17, 15) is 4.79 Å². The summed E-state index contributed by atoms with van der Waals surface area (Å²) in [5.41, 5.74) is 0. The molecule has 0 aromatic carbocycles. The molecule has 0 rings (SSSR count). The van der Waals surface area contributed by atoms with Crippen LogP contribution in [0.2, 0.25) is 0 Å². The normalized spacial score (nSPS) is 13.2. The van der Waals surface area contributed by atoms with E-state index in [1.54, 1.807) is 6.92 Å². The zero-order valence-electron chi connectivity index (χ0n) is 4.50. The predicted molar refractivity (Wildman–Crippen MR) is 25.4 cm³/mol. The third kappa shape index (κ3) is 1.90. The van der Waals surface area contributed by atoms with E-state index in [0.29, 0.717) is 0 Å². The zero-order valence-corrected chi connectivity index (χ0v) is 4.50. The van der Waals surface area contributed by atoms with Gasteiger partial charge in [0, 0.05) is 0 Å². The van der Waals surface area contributed by atoms with Gasteiger partial charge in [0.25, 0.3) is 0 Å². The molecule has 0 aromatic rings. The molecule has 0 amide bonds. The first-order chi connectivity index (χ1) is 3.72. The Kier molecular flexibility index (Phi) is 3.14. The van der Waals surface area contributed by atoms with E-state index >= 15 is 0 Å². The van der Waals surface area contributed by atoms with Gasteiger partial charge >= 0.3 is 5.97 Å². The molecule has 8 heavy (non-hydrogen) atoms. The van der Waals surface area contributed by atoms with Gasteiger partial charge in [0.15, 0.2) is 6.10 Å². The van der Waals surface area contributed by atoms with Crippen molar-refractivity contribution in [3.8, 4) is 0 Å². The van der Waals surface area contributed by atoms with Gasteiger partial charge in [-0.3, -0.25) is 5.26 Å². The molecule has 0 spiro atoms. The average Bonchev–Trinajstić information content (AvgIpc) is 1.69. The van der Waals surface area contributed by atoms with Crippen molar-refractivity contribution in [1.29, 1.82) is 0 Å².